The van der Waals surface area contributed by atoms with Gasteiger partial charge in [-0.3, -0.25) is 14.5 Å². The number of benzene rings is 2. The van der Waals surface area contributed by atoms with Gasteiger partial charge in [0.15, 0.2) is 10.1 Å². The Hall–Kier alpha value is -2.48. The molecule has 0 radical (unpaired) electrons. The number of Topliss-reactive ketones (excluding diaryl/α,β-unsaturated/α-hetero) is 1. The zero-order valence-electron chi connectivity index (χ0n) is 19.0. The molecule has 0 N–H and O–H groups in total. The number of rotatable bonds is 5. The fraction of sp³-hybridized carbons (Fsp3) is 0.308. The van der Waals surface area contributed by atoms with E-state index in [-0.39, 0.29) is 29.4 Å². The van der Waals surface area contributed by atoms with Gasteiger partial charge in [-0.25, -0.2) is 0 Å². The zero-order valence-corrected chi connectivity index (χ0v) is 21.3. The highest BCUT2D eigenvalue weighted by molar-refractivity contribution is 8.00. The number of hydrogen-bond donors (Lipinski definition) is 0. The Morgan fingerprint density at radius 2 is 1.79 bits per heavy atom. The van der Waals surface area contributed by atoms with Crippen molar-refractivity contribution in [2.45, 2.75) is 49.1 Å². The first-order chi connectivity index (χ1) is 16.3. The summed E-state index contributed by atoms with van der Waals surface area (Å²) in [5, 5.41) is 9.94. The number of ketones is 1. The van der Waals surface area contributed by atoms with Crippen molar-refractivity contribution in [3.05, 3.63) is 82.0 Å². The highest BCUT2D eigenvalue weighted by Crippen LogP contribution is 2.48. The molecule has 2 heterocycles. The molecular weight excluding hydrogens is 486 g/mol. The van der Waals surface area contributed by atoms with E-state index in [0.717, 1.165) is 32.5 Å². The molecule has 5 rings (SSSR count). The molecular formula is C26H24ClN3O2S2. The van der Waals surface area contributed by atoms with E-state index >= 15 is 0 Å². The lowest BCUT2D eigenvalue weighted by molar-refractivity contribution is -0.121. The second-order valence-electron chi connectivity index (χ2n) is 9.46. The summed E-state index contributed by atoms with van der Waals surface area (Å²) in [4.78, 5) is 28.5. The second-order valence-corrected chi connectivity index (χ2v) is 12.1. The van der Waals surface area contributed by atoms with Crippen molar-refractivity contribution in [2.24, 2.45) is 5.41 Å². The zero-order chi connectivity index (χ0) is 23.9. The van der Waals surface area contributed by atoms with Crippen LogP contribution < -0.4 is 4.90 Å². The lowest BCUT2D eigenvalue weighted by Gasteiger charge is -2.41. The monoisotopic (exact) mass is 509 g/mol. The summed E-state index contributed by atoms with van der Waals surface area (Å²) in [6.07, 6.45) is 1.38. The van der Waals surface area contributed by atoms with E-state index in [9.17, 15) is 9.59 Å². The number of thioether (sulfide) groups is 1. The van der Waals surface area contributed by atoms with Crippen LogP contribution in [0.15, 0.2) is 70.2 Å². The molecule has 0 fully saturated rings. The molecule has 2 aromatic carbocycles. The van der Waals surface area contributed by atoms with Crippen LogP contribution in [0, 0.1) is 5.41 Å². The molecule has 0 bridgehead atoms. The Labute approximate surface area is 212 Å². The molecule has 1 atom stereocenters. The summed E-state index contributed by atoms with van der Waals surface area (Å²) in [5.41, 5.74) is 3.47. The van der Waals surface area contributed by atoms with E-state index < -0.39 is 0 Å². The van der Waals surface area contributed by atoms with Crippen LogP contribution in [0.3, 0.4) is 0 Å². The topological polar surface area (TPSA) is 63.2 Å². The van der Waals surface area contributed by atoms with Gasteiger partial charge >= 0.3 is 0 Å². The average Bonchev–Trinajstić information content (AvgIpc) is 3.26. The first-order valence-corrected chi connectivity index (χ1v) is 13.3. The van der Waals surface area contributed by atoms with Crippen LogP contribution in [-0.2, 0) is 15.3 Å². The second kappa shape index (κ2) is 9.29. The summed E-state index contributed by atoms with van der Waals surface area (Å²) in [6.45, 7) is 4.16. The first-order valence-electron chi connectivity index (χ1n) is 11.2. The van der Waals surface area contributed by atoms with Gasteiger partial charge in [-0.15, -0.1) is 10.2 Å². The summed E-state index contributed by atoms with van der Waals surface area (Å²) in [7, 11) is 0. The van der Waals surface area contributed by atoms with Crippen molar-refractivity contribution in [2.75, 3.05) is 4.90 Å². The third-order valence-electron chi connectivity index (χ3n) is 6.21. The van der Waals surface area contributed by atoms with Crippen LogP contribution in [0.4, 0.5) is 5.13 Å². The molecule has 5 nitrogen and oxygen atoms in total. The van der Waals surface area contributed by atoms with Gasteiger partial charge < -0.3 is 0 Å². The van der Waals surface area contributed by atoms with Crippen molar-refractivity contribution in [3.63, 3.8) is 0 Å². The summed E-state index contributed by atoms with van der Waals surface area (Å²) >= 11 is 8.94. The van der Waals surface area contributed by atoms with Gasteiger partial charge in [0.05, 0.1) is 0 Å². The van der Waals surface area contributed by atoms with E-state index in [1.54, 1.807) is 16.7 Å². The van der Waals surface area contributed by atoms with Gasteiger partial charge in [0.25, 0.3) is 0 Å². The van der Waals surface area contributed by atoms with Gasteiger partial charge in [-0.05, 0) is 35.1 Å². The molecule has 0 spiro atoms. The standard InChI is InChI=1S/C26H24ClN3O2S2/c1-26(2)13-20-23(21(31)14-26)19(17-6-4-3-5-7-17)12-22(32)30(20)24-28-29-25(34-24)33-15-16-8-10-18(27)11-9-16/h3-11,19H,12-15H2,1-2H3/t19-/m1/s1. The summed E-state index contributed by atoms with van der Waals surface area (Å²) in [5.74, 6) is 0.605. The molecule has 34 heavy (non-hydrogen) atoms. The maximum Gasteiger partial charge on any atom is 0.234 e. The van der Waals surface area contributed by atoms with Crippen molar-refractivity contribution in [1.29, 1.82) is 0 Å². The molecule has 0 saturated carbocycles. The van der Waals surface area contributed by atoms with E-state index in [1.807, 2.05) is 54.6 Å². The molecule has 0 unspecified atom stereocenters. The number of allylic oxidation sites excluding steroid dienone is 2. The maximum atomic E-state index is 13.5. The number of anilines is 1. The SMILES string of the molecule is CC1(C)CC(=O)C2=C(C1)N(c1nnc(SCc3ccc(Cl)cc3)s1)C(=O)C[C@@H]2c1ccccc1. The predicted molar refractivity (Wildman–Crippen MR) is 137 cm³/mol. The minimum Gasteiger partial charge on any atom is -0.294 e. The fourth-order valence-corrected chi connectivity index (χ4v) is 6.65. The Balaban J connectivity index is 1.47. The summed E-state index contributed by atoms with van der Waals surface area (Å²) in [6, 6.07) is 17.6. The fourth-order valence-electron chi connectivity index (χ4n) is 4.68. The largest absolute Gasteiger partial charge is 0.294 e. The molecule has 3 aromatic rings. The van der Waals surface area contributed by atoms with E-state index in [1.165, 1.54) is 11.3 Å². The highest BCUT2D eigenvalue weighted by atomic mass is 35.5. The van der Waals surface area contributed by atoms with Gasteiger partial charge in [-0.1, -0.05) is 91.0 Å². The number of halogens is 1. The lowest BCUT2D eigenvalue weighted by atomic mass is 9.69. The molecule has 8 heteroatoms. The van der Waals surface area contributed by atoms with Gasteiger partial charge in [0, 0.05) is 40.8 Å². The number of hydrogen-bond acceptors (Lipinski definition) is 6. The molecule has 2 aliphatic rings. The van der Waals surface area contributed by atoms with Crippen LogP contribution in [0.25, 0.3) is 0 Å². The van der Waals surface area contributed by atoms with Gasteiger partial charge in [-0.2, -0.15) is 0 Å². The Bertz CT molecular complexity index is 1270. The Kier molecular flexibility index (Phi) is 6.35. The number of aromatic nitrogens is 2. The quantitative estimate of drug-likeness (QED) is 0.284. The van der Waals surface area contributed by atoms with Crippen molar-refractivity contribution in [1.82, 2.24) is 10.2 Å². The molecule has 0 saturated heterocycles. The van der Waals surface area contributed by atoms with Crippen molar-refractivity contribution < 1.29 is 9.59 Å². The molecule has 1 aliphatic carbocycles. The number of nitrogens with zero attached hydrogens (tertiary/aromatic N) is 3. The van der Waals surface area contributed by atoms with Crippen LogP contribution in [-0.4, -0.2) is 21.9 Å². The highest BCUT2D eigenvalue weighted by Gasteiger charge is 2.45. The van der Waals surface area contributed by atoms with E-state index in [0.29, 0.717) is 23.0 Å². The van der Waals surface area contributed by atoms with Crippen LogP contribution >= 0.6 is 34.7 Å². The molecule has 1 amide bonds. The number of carbonyl (C=O) groups excluding carboxylic acids is 2. The molecule has 1 aromatic heterocycles. The van der Waals surface area contributed by atoms with E-state index in [2.05, 4.69) is 24.0 Å². The van der Waals surface area contributed by atoms with Crippen LogP contribution in [0.2, 0.25) is 5.02 Å². The van der Waals surface area contributed by atoms with Gasteiger partial charge in [0.1, 0.15) is 0 Å². The van der Waals surface area contributed by atoms with E-state index in [4.69, 9.17) is 11.6 Å². The molecule has 174 valence electrons. The maximum absolute atomic E-state index is 13.5. The van der Waals surface area contributed by atoms with Crippen molar-refractivity contribution in [3.8, 4) is 0 Å². The first kappa shape index (κ1) is 23.3. The third kappa shape index (κ3) is 4.69. The number of amides is 1. The third-order valence-corrected chi connectivity index (χ3v) is 8.57. The van der Waals surface area contributed by atoms with Crippen LogP contribution in [0.1, 0.15) is 50.2 Å². The van der Waals surface area contributed by atoms with Crippen molar-refractivity contribution >= 4 is 51.5 Å². The molecule has 1 aliphatic heterocycles. The van der Waals surface area contributed by atoms with Crippen LogP contribution in [0.5, 0.6) is 0 Å². The minimum absolute atomic E-state index is 0.0384. The number of carbonyl (C=O) groups is 2. The summed E-state index contributed by atoms with van der Waals surface area (Å²) < 4.78 is 0.784. The Morgan fingerprint density at radius 1 is 1.06 bits per heavy atom. The smallest absolute Gasteiger partial charge is 0.234 e. The normalized spacial score (nSPS) is 20.0. The lowest BCUT2D eigenvalue weighted by Crippen LogP contribution is -2.43. The average molecular weight is 510 g/mol. The predicted octanol–water partition coefficient (Wildman–Crippen LogP) is 6.65. The van der Waals surface area contributed by atoms with Gasteiger partial charge in [0.2, 0.25) is 11.0 Å². The Morgan fingerprint density at radius 3 is 2.53 bits per heavy atom. The minimum atomic E-state index is -0.218.